The number of phenols is 1. The second-order valence-electron chi connectivity index (χ2n) is 6.84. The van der Waals surface area contributed by atoms with Crippen LogP contribution in [-0.2, 0) is 9.63 Å². The molecule has 7 heteroatoms. The summed E-state index contributed by atoms with van der Waals surface area (Å²) in [4.78, 5) is 17.1. The molecule has 6 nitrogen and oxygen atoms in total. The van der Waals surface area contributed by atoms with E-state index in [1.165, 1.54) is 6.08 Å². The van der Waals surface area contributed by atoms with Crippen molar-refractivity contribution in [3.8, 4) is 17.2 Å². The van der Waals surface area contributed by atoms with Gasteiger partial charge in [0.25, 0.3) is 0 Å². The molecule has 29 heavy (non-hydrogen) atoms. The molecule has 2 heterocycles. The molecule has 0 radical (unpaired) electrons. The van der Waals surface area contributed by atoms with Gasteiger partial charge in [-0.3, -0.25) is 0 Å². The molecule has 0 bridgehead atoms. The summed E-state index contributed by atoms with van der Waals surface area (Å²) in [5.74, 6) is 0.533. The van der Waals surface area contributed by atoms with Gasteiger partial charge in [-0.1, -0.05) is 17.3 Å². The molecule has 1 aliphatic heterocycles. The van der Waals surface area contributed by atoms with Crippen LogP contribution in [0.25, 0.3) is 16.2 Å². The van der Waals surface area contributed by atoms with Crippen LogP contribution in [0.5, 0.6) is 17.2 Å². The number of fused-ring (bicyclic) bond motifs is 1. The fourth-order valence-electron chi connectivity index (χ4n) is 3.35. The van der Waals surface area contributed by atoms with Gasteiger partial charge in [0.2, 0.25) is 0 Å². The van der Waals surface area contributed by atoms with E-state index in [1.54, 1.807) is 47.7 Å². The molecule has 4 rings (SSSR count). The minimum atomic E-state index is -0.993. The second-order valence-corrected chi connectivity index (χ2v) is 7.92. The number of carbonyl (C=O) groups is 1. The zero-order chi connectivity index (χ0) is 20.5. The number of nitrogens with zero attached hydrogens (tertiary/aromatic N) is 1. The quantitative estimate of drug-likeness (QED) is 0.553. The molecule has 0 saturated carbocycles. The smallest absolute Gasteiger partial charge is 0.328 e. The standard InChI is InChI=1S/C22H19NO5S/c1-12-20(13(2)28-23-12)22-21(17-9-6-15(24)11-18(17)29-22)27-16-7-3-14(4-8-16)5-10-19(25)26/h3-11,13,20,24H,1-2H3,(H,25,26). The van der Waals surface area contributed by atoms with Crippen LogP contribution in [0.3, 0.4) is 0 Å². The number of hydrogen-bond donors (Lipinski definition) is 2. The first-order chi connectivity index (χ1) is 13.9. The van der Waals surface area contributed by atoms with Gasteiger partial charge in [0.05, 0.1) is 16.5 Å². The molecule has 2 aromatic carbocycles. The summed E-state index contributed by atoms with van der Waals surface area (Å²) in [6, 6.07) is 12.4. The van der Waals surface area contributed by atoms with E-state index in [0.717, 1.165) is 38.1 Å². The van der Waals surface area contributed by atoms with Gasteiger partial charge in [0.15, 0.2) is 0 Å². The molecule has 3 aromatic rings. The Labute approximate surface area is 171 Å². The van der Waals surface area contributed by atoms with Crippen molar-refractivity contribution in [1.29, 1.82) is 0 Å². The van der Waals surface area contributed by atoms with Gasteiger partial charge in [-0.05, 0) is 55.8 Å². The lowest BCUT2D eigenvalue weighted by Gasteiger charge is -2.15. The van der Waals surface area contributed by atoms with Crippen LogP contribution < -0.4 is 4.74 Å². The molecule has 0 saturated heterocycles. The van der Waals surface area contributed by atoms with Crippen LogP contribution >= 0.6 is 11.3 Å². The molecule has 2 atom stereocenters. The van der Waals surface area contributed by atoms with Gasteiger partial charge in [-0.2, -0.15) is 0 Å². The minimum absolute atomic E-state index is 0.0256. The highest BCUT2D eigenvalue weighted by Gasteiger charge is 2.34. The van der Waals surface area contributed by atoms with Gasteiger partial charge in [0.1, 0.15) is 23.4 Å². The number of aliphatic carboxylic acids is 1. The Kier molecular flexibility index (Phi) is 4.98. The average Bonchev–Trinajstić information content (AvgIpc) is 3.20. The first kappa shape index (κ1) is 19.0. The Balaban J connectivity index is 1.73. The van der Waals surface area contributed by atoms with E-state index in [2.05, 4.69) is 5.16 Å². The number of hydrogen-bond acceptors (Lipinski definition) is 6. The van der Waals surface area contributed by atoms with E-state index in [-0.39, 0.29) is 17.8 Å². The van der Waals surface area contributed by atoms with Crippen LogP contribution in [0.15, 0.2) is 53.7 Å². The summed E-state index contributed by atoms with van der Waals surface area (Å²) in [5.41, 5.74) is 1.65. The van der Waals surface area contributed by atoms with Crippen molar-refractivity contribution in [2.75, 3.05) is 0 Å². The van der Waals surface area contributed by atoms with Crippen molar-refractivity contribution >= 4 is 39.2 Å². The first-order valence-electron chi connectivity index (χ1n) is 9.07. The van der Waals surface area contributed by atoms with Crippen LogP contribution in [0.4, 0.5) is 0 Å². The van der Waals surface area contributed by atoms with Crippen LogP contribution in [0.2, 0.25) is 0 Å². The van der Waals surface area contributed by atoms with E-state index in [4.69, 9.17) is 14.7 Å². The van der Waals surface area contributed by atoms with Crippen LogP contribution in [0.1, 0.15) is 30.2 Å². The minimum Gasteiger partial charge on any atom is -0.508 e. The van der Waals surface area contributed by atoms with E-state index in [1.807, 2.05) is 19.9 Å². The molecule has 1 aromatic heterocycles. The van der Waals surface area contributed by atoms with Crippen LogP contribution in [-0.4, -0.2) is 28.0 Å². The van der Waals surface area contributed by atoms with Crippen molar-refractivity contribution in [1.82, 2.24) is 0 Å². The van der Waals surface area contributed by atoms with Crippen molar-refractivity contribution in [2.24, 2.45) is 5.16 Å². The third kappa shape index (κ3) is 3.82. The molecule has 0 aliphatic carbocycles. The first-order valence-corrected chi connectivity index (χ1v) is 9.88. The summed E-state index contributed by atoms with van der Waals surface area (Å²) in [6.45, 7) is 3.91. The maximum Gasteiger partial charge on any atom is 0.328 e. The van der Waals surface area contributed by atoms with E-state index < -0.39 is 5.97 Å². The predicted octanol–water partition coefficient (Wildman–Crippen LogP) is 5.38. The maximum atomic E-state index is 10.7. The fourth-order valence-corrected chi connectivity index (χ4v) is 4.77. The topological polar surface area (TPSA) is 88.4 Å². The zero-order valence-corrected chi connectivity index (χ0v) is 16.6. The van der Waals surface area contributed by atoms with Gasteiger partial charge in [0, 0.05) is 16.2 Å². The number of ether oxygens (including phenoxy) is 1. The summed E-state index contributed by atoms with van der Waals surface area (Å²) >= 11 is 1.55. The number of thiophene rings is 1. The normalized spacial score (nSPS) is 18.8. The molecular formula is C22H19NO5S. The summed E-state index contributed by atoms with van der Waals surface area (Å²) in [6.07, 6.45) is 2.51. The number of rotatable bonds is 5. The number of benzene rings is 2. The van der Waals surface area contributed by atoms with Gasteiger partial charge < -0.3 is 19.8 Å². The second kappa shape index (κ2) is 7.60. The Bertz CT molecular complexity index is 1130. The molecule has 148 valence electrons. The average molecular weight is 409 g/mol. The summed E-state index contributed by atoms with van der Waals surface area (Å²) in [5, 5.41) is 23.7. The molecule has 2 N–H and O–H groups in total. The Morgan fingerprint density at radius 2 is 2.00 bits per heavy atom. The molecule has 0 amide bonds. The fraction of sp³-hybridized carbons (Fsp3) is 0.182. The number of oxime groups is 1. The SMILES string of the molecule is CC1=NOC(C)C1c1sc2cc(O)ccc2c1Oc1ccc(C=CC(=O)O)cc1. The lowest BCUT2D eigenvalue weighted by atomic mass is 9.96. The van der Waals surface area contributed by atoms with E-state index >= 15 is 0 Å². The highest BCUT2D eigenvalue weighted by molar-refractivity contribution is 7.19. The number of phenolic OH excluding ortho intramolecular Hbond substituents is 1. The van der Waals surface area contributed by atoms with E-state index in [9.17, 15) is 9.90 Å². The van der Waals surface area contributed by atoms with Crippen molar-refractivity contribution in [3.63, 3.8) is 0 Å². The Morgan fingerprint density at radius 1 is 1.24 bits per heavy atom. The number of carboxylic acids is 1. The molecule has 2 unspecified atom stereocenters. The van der Waals surface area contributed by atoms with Gasteiger partial charge in [-0.15, -0.1) is 11.3 Å². The molecular weight excluding hydrogens is 390 g/mol. The van der Waals surface area contributed by atoms with Crippen molar-refractivity contribution in [2.45, 2.75) is 25.9 Å². The van der Waals surface area contributed by atoms with Gasteiger partial charge in [-0.25, -0.2) is 4.79 Å². The Morgan fingerprint density at radius 3 is 2.66 bits per heavy atom. The summed E-state index contributed by atoms with van der Waals surface area (Å²) < 4.78 is 7.19. The number of carboxylic acid groups (broad SMARTS) is 1. The molecule has 1 aliphatic rings. The lowest BCUT2D eigenvalue weighted by molar-refractivity contribution is -0.131. The highest BCUT2D eigenvalue weighted by Crippen LogP contribution is 2.47. The lowest BCUT2D eigenvalue weighted by Crippen LogP contribution is -2.15. The van der Waals surface area contributed by atoms with Crippen molar-refractivity contribution in [3.05, 3.63) is 59.0 Å². The molecule has 0 fully saturated rings. The Hall–Kier alpha value is -3.32. The van der Waals surface area contributed by atoms with Crippen LogP contribution in [0, 0.1) is 0 Å². The largest absolute Gasteiger partial charge is 0.508 e. The third-order valence-electron chi connectivity index (χ3n) is 4.74. The maximum absolute atomic E-state index is 10.7. The number of aromatic hydroxyl groups is 1. The third-order valence-corrected chi connectivity index (χ3v) is 5.95. The molecule has 0 spiro atoms. The zero-order valence-electron chi connectivity index (χ0n) is 15.8. The predicted molar refractivity (Wildman–Crippen MR) is 113 cm³/mol. The highest BCUT2D eigenvalue weighted by atomic mass is 32.1. The van der Waals surface area contributed by atoms with Crippen molar-refractivity contribution < 1.29 is 24.6 Å². The summed E-state index contributed by atoms with van der Waals surface area (Å²) in [7, 11) is 0. The monoisotopic (exact) mass is 409 g/mol. The van der Waals surface area contributed by atoms with Gasteiger partial charge >= 0.3 is 5.97 Å². The van der Waals surface area contributed by atoms with E-state index in [0.29, 0.717) is 5.75 Å².